The third kappa shape index (κ3) is 6.18. The molecule has 0 spiro atoms. The smallest absolute Gasteiger partial charge is 0.251 e. The molecule has 3 amide bonds. The van der Waals surface area contributed by atoms with E-state index in [4.69, 9.17) is 0 Å². The molecule has 0 heterocycles. The Labute approximate surface area is 187 Å². The second kappa shape index (κ2) is 10.8. The molecule has 0 saturated carbocycles. The summed E-state index contributed by atoms with van der Waals surface area (Å²) in [4.78, 5) is 36.4. The molecule has 4 N–H and O–H groups in total. The molecular formula is C25H26N4O3. The van der Waals surface area contributed by atoms with Crippen LogP contribution in [0.25, 0.3) is 0 Å². The Morgan fingerprint density at radius 3 is 2.19 bits per heavy atom. The Balaban J connectivity index is 1.53. The van der Waals surface area contributed by atoms with Crippen LogP contribution < -0.4 is 21.3 Å². The van der Waals surface area contributed by atoms with Crippen LogP contribution in [-0.4, -0.2) is 31.3 Å². The van der Waals surface area contributed by atoms with Crippen molar-refractivity contribution in [2.24, 2.45) is 0 Å². The van der Waals surface area contributed by atoms with Crippen molar-refractivity contribution in [1.29, 1.82) is 0 Å². The molecule has 0 aliphatic carbocycles. The van der Waals surface area contributed by atoms with Gasteiger partial charge in [-0.25, -0.2) is 0 Å². The van der Waals surface area contributed by atoms with Gasteiger partial charge in [-0.05, 0) is 55.0 Å². The molecule has 3 aromatic rings. The second-order valence-corrected chi connectivity index (χ2v) is 7.24. The van der Waals surface area contributed by atoms with E-state index in [9.17, 15) is 14.4 Å². The van der Waals surface area contributed by atoms with Gasteiger partial charge in [-0.15, -0.1) is 0 Å². The molecule has 0 fully saturated rings. The molecule has 3 rings (SSSR count). The lowest BCUT2D eigenvalue weighted by Crippen LogP contribution is -2.26. The summed E-state index contributed by atoms with van der Waals surface area (Å²) in [5.41, 5.74) is 3.29. The number of carbonyl (C=O) groups is 3. The van der Waals surface area contributed by atoms with Crippen molar-refractivity contribution < 1.29 is 14.4 Å². The molecule has 0 aromatic heterocycles. The fourth-order valence-electron chi connectivity index (χ4n) is 3.11. The second-order valence-electron chi connectivity index (χ2n) is 7.24. The van der Waals surface area contributed by atoms with Crippen LogP contribution in [0.15, 0.2) is 78.9 Å². The van der Waals surface area contributed by atoms with Crippen LogP contribution in [0.2, 0.25) is 0 Å². The maximum absolute atomic E-state index is 12.6. The van der Waals surface area contributed by atoms with E-state index >= 15 is 0 Å². The van der Waals surface area contributed by atoms with E-state index in [1.807, 2.05) is 37.3 Å². The van der Waals surface area contributed by atoms with Gasteiger partial charge in [-0.3, -0.25) is 14.4 Å². The number of rotatable bonds is 8. The molecule has 0 saturated heterocycles. The molecular weight excluding hydrogens is 404 g/mol. The largest absolute Gasteiger partial charge is 0.376 e. The molecule has 0 aliphatic heterocycles. The fraction of sp³-hybridized carbons (Fsp3) is 0.160. The first kappa shape index (κ1) is 22.6. The molecule has 0 bridgehead atoms. The molecule has 7 nitrogen and oxygen atoms in total. The van der Waals surface area contributed by atoms with Crippen molar-refractivity contribution in [2.75, 3.05) is 24.2 Å². The molecule has 32 heavy (non-hydrogen) atoms. The number of carbonyl (C=O) groups excluding carboxylic acids is 3. The van der Waals surface area contributed by atoms with Crippen molar-refractivity contribution in [1.82, 2.24) is 10.6 Å². The summed E-state index contributed by atoms with van der Waals surface area (Å²) in [6.07, 6.45) is 0. The Kier molecular flexibility index (Phi) is 7.59. The van der Waals surface area contributed by atoms with Gasteiger partial charge in [-0.2, -0.15) is 0 Å². The minimum absolute atomic E-state index is 0.0304. The van der Waals surface area contributed by atoms with Crippen LogP contribution in [0.4, 0.5) is 11.4 Å². The van der Waals surface area contributed by atoms with Crippen molar-refractivity contribution in [3.8, 4) is 0 Å². The summed E-state index contributed by atoms with van der Waals surface area (Å²) in [6.45, 7) is 1.96. The Morgan fingerprint density at radius 1 is 0.781 bits per heavy atom. The van der Waals surface area contributed by atoms with Gasteiger partial charge in [-0.1, -0.05) is 36.4 Å². The zero-order valence-electron chi connectivity index (χ0n) is 18.0. The topological polar surface area (TPSA) is 99.3 Å². The van der Waals surface area contributed by atoms with Crippen LogP contribution in [-0.2, 0) is 4.79 Å². The lowest BCUT2D eigenvalue weighted by atomic mass is 10.1. The zero-order valence-corrected chi connectivity index (χ0v) is 18.0. The lowest BCUT2D eigenvalue weighted by molar-refractivity contribution is -0.114. The van der Waals surface area contributed by atoms with E-state index in [0.29, 0.717) is 22.5 Å². The third-order valence-corrected chi connectivity index (χ3v) is 4.88. The Bertz CT molecular complexity index is 1080. The van der Waals surface area contributed by atoms with Gasteiger partial charge in [0, 0.05) is 29.5 Å². The van der Waals surface area contributed by atoms with Crippen molar-refractivity contribution in [2.45, 2.75) is 13.0 Å². The summed E-state index contributed by atoms with van der Waals surface area (Å²) in [5, 5.41) is 11.3. The molecule has 0 radical (unpaired) electrons. The van der Waals surface area contributed by atoms with Gasteiger partial charge in [0.25, 0.3) is 11.8 Å². The summed E-state index contributed by atoms with van der Waals surface area (Å²) in [7, 11) is 1.56. The standard InChI is InChI=1S/C25H26N4O3/c1-17(18-7-4-3-5-8-18)28-25(32)20-9-6-10-22(15-20)27-16-23(30)29-21-13-11-19(12-14-21)24(31)26-2/h3-15,17,27H,16H2,1-2H3,(H,26,31)(H,28,32)(H,29,30). The highest BCUT2D eigenvalue weighted by molar-refractivity contribution is 5.97. The van der Waals surface area contributed by atoms with Crippen LogP contribution in [0.3, 0.4) is 0 Å². The van der Waals surface area contributed by atoms with Crippen molar-refractivity contribution in [3.05, 3.63) is 95.6 Å². The first-order valence-corrected chi connectivity index (χ1v) is 10.3. The molecule has 7 heteroatoms. The normalized spacial score (nSPS) is 11.2. The Morgan fingerprint density at radius 2 is 1.50 bits per heavy atom. The average molecular weight is 431 g/mol. The van der Waals surface area contributed by atoms with Gasteiger partial charge in [0.2, 0.25) is 5.91 Å². The Hall–Kier alpha value is -4.13. The minimum Gasteiger partial charge on any atom is -0.376 e. The van der Waals surface area contributed by atoms with Gasteiger partial charge in [0.15, 0.2) is 0 Å². The van der Waals surface area contributed by atoms with E-state index < -0.39 is 0 Å². The van der Waals surface area contributed by atoms with Crippen LogP contribution in [0, 0.1) is 0 Å². The molecule has 164 valence electrons. The van der Waals surface area contributed by atoms with Gasteiger partial charge in [0.05, 0.1) is 12.6 Å². The predicted molar refractivity (Wildman–Crippen MR) is 126 cm³/mol. The molecule has 1 unspecified atom stereocenters. The molecule has 1 atom stereocenters. The van der Waals surface area contributed by atoms with E-state index in [2.05, 4.69) is 21.3 Å². The SMILES string of the molecule is CNC(=O)c1ccc(NC(=O)CNc2cccc(C(=O)NC(C)c3ccccc3)c2)cc1. The maximum Gasteiger partial charge on any atom is 0.251 e. The lowest BCUT2D eigenvalue weighted by Gasteiger charge is -2.15. The third-order valence-electron chi connectivity index (χ3n) is 4.88. The first-order valence-electron chi connectivity index (χ1n) is 10.3. The van der Waals surface area contributed by atoms with E-state index in [1.54, 1.807) is 55.6 Å². The van der Waals surface area contributed by atoms with Gasteiger partial charge >= 0.3 is 0 Å². The van der Waals surface area contributed by atoms with Crippen LogP contribution >= 0.6 is 0 Å². The first-order chi connectivity index (χ1) is 15.5. The quantitative estimate of drug-likeness (QED) is 0.439. The number of hydrogen-bond acceptors (Lipinski definition) is 4. The van der Waals surface area contributed by atoms with Gasteiger partial charge < -0.3 is 21.3 Å². The predicted octanol–water partition coefficient (Wildman–Crippen LogP) is 3.59. The fourth-order valence-corrected chi connectivity index (χ4v) is 3.11. The summed E-state index contributed by atoms with van der Waals surface area (Å²) in [6, 6.07) is 23.2. The minimum atomic E-state index is -0.245. The number of hydrogen-bond donors (Lipinski definition) is 4. The van der Waals surface area contributed by atoms with E-state index in [0.717, 1.165) is 5.56 Å². The molecule has 0 aliphatic rings. The van der Waals surface area contributed by atoms with E-state index in [1.165, 1.54) is 0 Å². The van der Waals surface area contributed by atoms with Crippen molar-refractivity contribution in [3.63, 3.8) is 0 Å². The summed E-state index contributed by atoms with van der Waals surface area (Å²) < 4.78 is 0. The van der Waals surface area contributed by atoms with Crippen LogP contribution in [0.5, 0.6) is 0 Å². The summed E-state index contributed by atoms with van der Waals surface area (Å²) >= 11 is 0. The van der Waals surface area contributed by atoms with E-state index in [-0.39, 0.29) is 30.3 Å². The number of anilines is 2. The number of amides is 3. The van der Waals surface area contributed by atoms with Crippen molar-refractivity contribution >= 4 is 29.1 Å². The highest BCUT2D eigenvalue weighted by atomic mass is 16.2. The number of benzene rings is 3. The summed E-state index contributed by atoms with van der Waals surface area (Å²) in [5.74, 6) is -0.623. The number of nitrogens with one attached hydrogen (secondary N) is 4. The van der Waals surface area contributed by atoms with Gasteiger partial charge in [0.1, 0.15) is 0 Å². The maximum atomic E-state index is 12.6. The highest BCUT2D eigenvalue weighted by Crippen LogP contribution is 2.15. The average Bonchev–Trinajstić information content (AvgIpc) is 2.83. The monoisotopic (exact) mass is 430 g/mol. The zero-order chi connectivity index (χ0) is 22.9. The highest BCUT2D eigenvalue weighted by Gasteiger charge is 2.12. The van der Waals surface area contributed by atoms with Crippen LogP contribution in [0.1, 0.15) is 39.2 Å². The molecule has 3 aromatic carbocycles.